The van der Waals surface area contributed by atoms with E-state index in [2.05, 4.69) is 36.5 Å². The molecule has 8 nitrogen and oxygen atoms in total. The molecule has 0 aliphatic rings. The van der Waals surface area contributed by atoms with Gasteiger partial charge >= 0.3 is 0 Å². The Morgan fingerprint density at radius 3 is 2.38 bits per heavy atom. The average Bonchev–Trinajstić information content (AvgIpc) is 2.53. The predicted molar refractivity (Wildman–Crippen MR) is 105 cm³/mol. The van der Waals surface area contributed by atoms with Gasteiger partial charge in [-0.15, -0.1) is 0 Å². The molecule has 0 fully saturated rings. The Kier molecular flexibility index (Phi) is 6.22. The molecule has 2 rings (SSSR count). The maximum atomic E-state index is 11.3. The standard InChI is InChI=1S/C16H22BrN5O3S/c1-16(2,3)13(9-23)21-14-12(17)8-19-15(22-14)20-10-4-6-11(7-5-10)26(18,24)25/h4-8,13,23H,9H2,1-3H3,(H2,18,24,25)(H2,19,20,21,22)/t13-/m1/s1. The fourth-order valence-electron chi connectivity index (χ4n) is 2.09. The zero-order valence-corrected chi connectivity index (χ0v) is 17.1. The van der Waals surface area contributed by atoms with E-state index in [1.807, 2.05) is 20.8 Å². The maximum absolute atomic E-state index is 11.3. The average molecular weight is 444 g/mol. The highest BCUT2D eigenvalue weighted by atomic mass is 79.9. The summed E-state index contributed by atoms with van der Waals surface area (Å²) in [5.41, 5.74) is 0.441. The van der Waals surface area contributed by atoms with Gasteiger partial charge in [0.25, 0.3) is 0 Å². The van der Waals surface area contributed by atoms with Crippen LogP contribution in [0.4, 0.5) is 17.5 Å². The van der Waals surface area contributed by atoms with Crippen LogP contribution in [0.5, 0.6) is 0 Å². The van der Waals surface area contributed by atoms with Crippen molar-refractivity contribution < 1.29 is 13.5 Å². The number of halogens is 1. The van der Waals surface area contributed by atoms with E-state index >= 15 is 0 Å². The Hall–Kier alpha value is -1.75. The third kappa shape index (κ3) is 5.37. The van der Waals surface area contributed by atoms with Crippen molar-refractivity contribution in [2.45, 2.75) is 31.7 Å². The molecule has 26 heavy (non-hydrogen) atoms. The van der Waals surface area contributed by atoms with E-state index in [1.54, 1.807) is 18.3 Å². The fraction of sp³-hybridized carbons (Fsp3) is 0.375. The van der Waals surface area contributed by atoms with Crippen LogP contribution in [0.1, 0.15) is 20.8 Å². The normalized spacial score (nSPS) is 13.3. The lowest BCUT2D eigenvalue weighted by Crippen LogP contribution is -2.37. The lowest BCUT2D eigenvalue weighted by Gasteiger charge is -2.30. The van der Waals surface area contributed by atoms with E-state index in [9.17, 15) is 13.5 Å². The highest BCUT2D eigenvalue weighted by molar-refractivity contribution is 9.10. The largest absolute Gasteiger partial charge is 0.394 e. The van der Waals surface area contributed by atoms with Crippen LogP contribution in [0, 0.1) is 5.41 Å². The third-order valence-corrected chi connectivity index (χ3v) is 5.23. The number of aliphatic hydroxyl groups is 1. The van der Waals surface area contributed by atoms with Gasteiger partial charge in [0.2, 0.25) is 16.0 Å². The zero-order valence-electron chi connectivity index (χ0n) is 14.7. The number of hydrogen-bond donors (Lipinski definition) is 4. The van der Waals surface area contributed by atoms with Gasteiger partial charge in [-0.25, -0.2) is 18.5 Å². The van der Waals surface area contributed by atoms with Crippen molar-refractivity contribution in [1.82, 2.24) is 9.97 Å². The SMILES string of the molecule is CC(C)(C)[C@@H](CO)Nc1nc(Nc2ccc(S(N)(=O)=O)cc2)ncc1Br. The number of nitrogens with zero attached hydrogens (tertiary/aromatic N) is 2. The molecule has 0 unspecified atom stereocenters. The molecule has 0 aliphatic carbocycles. The van der Waals surface area contributed by atoms with Gasteiger partial charge in [0.05, 0.1) is 22.0 Å². The molecular formula is C16H22BrN5O3S. The second-order valence-corrected chi connectivity index (χ2v) is 9.25. The zero-order chi connectivity index (χ0) is 19.5. The number of benzene rings is 1. The molecule has 1 aromatic heterocycles. The first-order valence-electron chi connectivity index (χ1n) is 7.80. The summed E-state index contributed by atoms with van der Waals surface area (Å²) < 4.78 is 23.3. The Morgan fingerprint density at radius 1 is 1.27 bits per heavy atom. The molecule has 142 valence electrons. The smallest absolute Gasteiger partial charge is 0.238 e. The second-order valence-electron chi connectivity index (χ2n) is 6.83. The molecule has 1 atom stereocenters. The number of anilines is 3. The van der Waals surface area contributed by atoms with Gasteiger partial charge in [-0.3, -0.25) is 0 Å². The van der Waals surface area contributed by atoms with E-state index < -0.39 is 10.0 Å². The monoisotopic (exact) mass is 443 g/mol. The van der Waals surface area contributed by atoms with Crippen LogP contribution in [0.25, 0.3) is 0 Å². The van der Waals surface area contributed by atoms with Crippen molar-refractivity contribution in [3.63, 3.8) is 0 Å². The van der Waals surface area contributed by atoms with Crippen LogP contribution in [0.3, 0.4) is 0 Å². The highest BCUT2D eigenvalue weighted by Crippen LogP contribution is 2.27. The molecule has 0 amide bonds. The Bertz CT molecular complexity index is 866. The number of nitrogens with two attached hydrogens (primary N) is 1. The number of aliphatic hydroxyl groups excluding tert-OH is 1. The molecule has 1 heterocycles. The van der Waals surface area contributed by atoms with Crippen LogP contribution in [0.2, 0.25) is 0 Å². The molecule has 0 radical (unpaired) electrons. The first-order valence-corrected chi connectivity index (χ1v) is 10.1. The number of primary sulfonamides is 1. The minimum atomic E-state index is -3.73. The molecule has 2 aromatic rings. The van der Waals surface area contributed by atoms with Crippen molar-refractivity contribution in [1.29, 1.82) is 0 Å². The summed E-state index contributed by atoms with van der Waals surface area (Å²) in [6.45, 7) is 6.00. The number of hydrogen-bond acceptors (Lipinski definition) is 7. The number of nitrogens with one attached hydrogen (secondary N) is 2. The first kappa shape index (κ1) is 20.6. The molecular weight excluding hydrogens is 422 g/mol. The van der Waals surface area contributed by atoms with E-state index in [-0.39, 0.29) is 23.0 Å². The van der Waals surface area contributed by atoms with Gasteiger partial charge in [-0.2, -0.15) is 4.98 Å². The molecule has 0 bridgehead atoms. The maximum Gasteiger partial charge on any atom is 0.238 e. The minimum Gasteiger partial charge on any atom is -0.394 e. The van der Waals surface area contributed by atoms with Gasteiger partial charge < -0.3 is 15.7 Å². The summed E-state index contributed by atoms with van der Waals surface area (Å²) >= 11 is 3.39. The van der Waals surface area contributed by atoms with Gasteiger partial charge in [0.15, 0.2) is 0 Å². The summed E-state index contributed by atoms with van der Waals surface area (Å²) in [4.78, 5) is 8.62. The number of aromatic nitrogens is 2. The number of rotatable bonds is 6. The van der Waals surface area contributed by atoms with Gasteiger partial charge in [-0.05, 0) is 45.6 Å². The first-order chi connectivity index (χ1) is 12.0. The predicted octanol–water partition coefficient (Wildman–Crippen LogP) is 2.45. The Labute approximate surface area is 161 Å². The van der Waals surface area contributed by atoms with Crippen molar-refractivity contribution in [2.24, 2.45) is 10.6 Å². The van der Waals surface area contributed by atoms with Crippen molar-refractivity contribution in [3.8, 4) is 0 Å². The van der Waals surface area contributed by atoms with E-state index in [0.717, 1.165) is 0 Å². The summed E-state index contributed by atoms with van der Waals surface area (Å²) in [6.07, 6.45) is 1.59. The van der Waals surface area contributed by atoms with Crippen LogP contribution < -0.4 is 15.8 Å². The quantitative estimate of drug-likeness (QED) is 0.538. The summed E-state index contributed by atoms with van der Waals surface area (Å²) in [5.74, 6) is 0.863. The summed E-state index contributed by atoms with van der Waals surface area (Å²) in [6, 6.07) is 5.75. The van der Waals surface area contributed by atoms with Crippen molar-refractivity contribution >= 4 is 43.4 Å². The van der Waals surface area contributed by atoms with Crippen LogP contribution in [-0.2, 0) is 10.0 Å². The van der Waals surface area contributed by atoms with Gasteiger partial charge in [-0.1, -0.05) is 20.8 Å². The Morgan fingerprint density at radius 2 is 1.88 bits per heavy atom. The topological polar surface area (TPSA) is 130 Å². The fourth-order valence-corrected chi connectivity index (χ4v) is 2.91. The van der Waals surface area contributed by atoms with Crippen LogP contribution in [0.15, 0.2) is 39.8 Å². The summed E-state index contributed by atoms with van der Waals surface area (Å²) in [5, 5.41) is 20.9. The van der Waals surface area contributed by atoms with E-state index in [1.165, 1.54) is 12.1 Å². The third-order valence-electron chi connectivity index (χ3n) is 3.72. The van der Waals surface area contributed by atoms with Crippen molar-refractivity contribution in [3.05, 3.63) is 34.9 Å². The van der Waals surface area contributed by atoms with Crippen LogP contribution >= 0.6 is 15.9 Å². The lowest BCUT2D eigenvalue weighted by atomic mass is 9.87. The molecule has 0 saturated heterocycles. The van der Waals surface area contributed by atoms with Crippen LogP contribution in [-0.4, -0.2) is 36.1 Å². The van der Waals surface area contributed by atoms with E-state index in [0.29, 0.717) is 21.9 Å². The molecule has 0 aliphatic heterocycles. The molecule has 5 N–H and O–H groups in total. The molecule has 0 saturated carbocycles. The van der Waals surface area contributed by atoms with Crippen molar-refractivity contribution in [2.75, 3.05) is 17.2 Å². The lowest BCUT2D eigenvalue weighted by molar-refractivity contribution is 0.201. The second kappa shape index (κ2) is 7.87. The molecule has 10 heteroatoms. The minimum absolute atomic E-state index is 0.0260. The highest BCUT2D eigenvalue weighted by Gasteiger charge is 2.25. The van der Waals surface area contributed by atoms with Gasteiger partial charge in [0, 0.05) is 11.9 Å². The number of sulfonamides is 1. The molecule has 1 aromatic carbocycles. The Balaban J connectivity index is 2.21. The molecule has 0 spiro atoms. The van der Waals surface area contributed by atoms with E-state index in [4.69, 9.17) is 5.14 Å². The van der Waals surface area contributed by atoms with Gasteiger partial charge in [0.1, 0.15) is 5.82 Å². The summed E-state index contributed by atoms with van der Waals surface area (Å²) in [7, 11) is -3.73.